The van der Waals surface area contributed by atoms with E-state index in [-0.39, 0.29) is 12.4 Å². The average molecular weight is 355 g/mol. The average Bonchev–Trinajstić information content (AvgIpc) is 3.18. The van der Waals surface area contributed by atoms with Crippen LogP contribution >= 0.6 is 24.0 Å². The molecule has 3 atom stereocenters. The largest absolute Gasteiger partial charge is 0.338 e. The number of aromatic nitrogens is 2. The summed E-state index contributed by atoms with van der Waals surface area (Å²) >= 11 is 6.00. The van der Waals surface area contributed by atoms with E-state index >= 15 is 0 Å². The van der Waals surface area contributed by atoms with Crippen LogP contribution in [0.1, 0.15) is 18.7 Å². The van der Waals surface area contributed by atoms with Gasteiger partial charge in [0, 0.05) is 29.7 Å². The topological polar surface area (TPSA) is 68.2 Å². The first-order valence-electron chi connectivity index (χ1n) is 7.75. The number of nitrogens with two attached hydrogens (primary N) is 1. The fourth-order valence-corrected chi connectivity index (χ4v) is 3.97. The van der Waals surface area contributed by atoms with Gasteiger partial charge in [0.1, 0.15) is 0 Å². The monoisotopic (exact) mass is 354 g/mol. The molecule has 23 heavy (non-hydrogen) atoms. The van der Waals surface area contributed by atoms with Crippen molar-refractivity contribution in [3.8, 4) is 11.4 Å². The molecule has 0 radical (unpaired) electrons. The number of likely N-dealkylation sites (tertiary alicyclic amines) is 1. The molecule has 0 spiro atoms. The molecule has 2 aromatic rings. The number of hydrogen-bond acceptors (Lipinski definition) is 5. The summed E-state index contributed by atoms with van der Waals surface area (Å²) in [4.78, 5) is 6.87. The minimum Gasteiger partial charge on any atom is -0.338 e. The van der Waals surface area contributed by atoms with Crippen molar-refractivity contribution in [3.05, 3.63) is 35.2 Å². The van der Waals surface area contributed by atoms with E-state index in [0.717, 1.165) is 24.6 Å². The van der Waals surface area contributed by atoms with E-state index in [1.54, 1.807) is 0 Å². The standard InChI is InChI=1S/C16H19ClN4O.ClH/c17-12-3-1-2-10(6-12)16-19-15(22-20-16)9-21-7-11-4-5-14(18)13(11)8-21;/h1-3,6,11,13-14H,4-5,7-9,18H2;1H. The summed E-state index contributed by atoms with van der Waals surface area (Å²) in [5.74, 6) is 2.62. The van der Waals surface area contributed by atoms with Gasteiger partial charge in [-0.2, -0.15) is 4.98 Å². The smallest absolute Gasteiger partial charge is 0.241 e. The quantitative estimate of drug-likeness (QED) is 0.917. The third-order valence-corrected chi connectivity index (χ3v) is 5.13. The van der Waals surface area contributed by atoms with Crippen molar-refractivity contribution >= 4 is 24.0 Å². The van der Waals surface area contributed by atoms with Gasteiger partial charge in [0.2, 0.25) is 11.7 Å². The van der Waals surface area contributed by atoms with Crippen LogP contribution in [0.3, 0.4) is 0 Å². The molecule has 124 valence electrons. The Labute approximate surface area is 146 Å². The molecule has 2 fully saturated rings. The van der Waals surface area contributed by atoms with Crippen LogP contribution in [0.5, 0.6) is 0 Å². The number of hydrogen-bond donors (Lipinski definition) is 1. The van der Waals surface area contributed by atoms with Gasteiger partial charge in [-0.15, -0.1) is 12.4 Å². The highest BCUT2D eigenvalue weighted by Crippen LogP contribution is 2.37. The molecule has 7 heteroatoms. The Bertz CT molecular complexity index is 678. The highest BCUT2D eigenvalue weighted by molar-refractivity contribution is 6.30. The predicted molar refractivity (Wildman–Crippen MR) is 91.5 cm³/mol. The first-order valence-corrected chi connectivity index (χ1v) is 8.13. The fraction of sp³-hybridized carbons (Fsp3) is 0.500. The van der Waals surface area contributed by atoms with E-state index in [9.17, 15) is 0 Å². The summed E-state index contributed by atoms with van der Waals surface area (Å²) in [6.07, 6.45) is 2.42. The molecule has 4 rings (SSSR count). The van der Waals surface area contributed by atoms with Gasteiger partial charge < -0.3 is 10.3 Å². The summed E-state index contributed by atoms with van der Waals surface area (Å²) < 4.78 is 5.39. The first-order chi connectivity index (χ1) is 10.7. The maximum Gasteiger partial charge on any atom is 0.241 e. The Hall–Kier alpha value is -1.14. The van der Waals surface area contributed by atoms with Crippen molar-refractivity contribution < 1.29 is 4.52 Å². The maximum absolute atomic E-state index is 6.18. The number of fused-ring (bicyclic) bond motifs is 1. The fourth-order valence-electron chi connectivity index (χ4n) is 3.78. The van der Waals surface area contributed by atoms with E-state index in [4.69, 9.17) is 21.9 Å². The van der Waals surface area contributed by atoms with Crippen molar-refractivity contribution in [1.29, 1.82) is 0 Å². The van der Waals surface area contributed by atoms with E-state index in [1.807, 2.05) is 24.3 Å². The third-order valence-electron chi connectivity index (χ3n) is 4.90. The molecule has 3 unspecified atom stereocenters. The summed E-state index contributed by atoms with van der Waals surface area (Å²) in [5.41, 5.74) is 7.06. The Morgan fingerprint density at radius 3 is 2.96 bits per heavy atom. The molecule has 1 saturated carbocycles. The first kappa shape index (κ1) is 16.7. The summed E-state index contributed by atoms with van der Waals surface area (Å²) in [6.45, 7) is 2.83. The van der Waals surface area contributed by atoms with Gasteiger partial charge in [0.25, 0.3) is 0 Å². The molecule has 1 aliphatic carbocycles. The lowest BCUT2D eigenvalue weighted by atomic mass is 9.98. The molecule has 1 aliphatic heterocycles. The zero-order chi connectivity index (χ0) is 15.1. The van der Waals surface area contributed by atoms with Crippen LogP contribution in [0.2, 0.25) is 5.02 Å². The highest BCUT2D eigenvalue weighted by Gasteiger charge is 2.41. The Kier molecular flexibility index (Phi) is 4.92. The van der Waals surface area contributed by atoms with Gasteiger partial charge >= 0.3 is 0 Å². The molecular weight excluding hydrogens is 335 g/mol. The number of benzene rings is 1. The van der Waals surface area contributed by atoms with Crippen molar-refractivity contribution in [2.45, 2.75) is 25.4 Å². The van der Waals surface area contributed by atoms with Crippen molar-refractivity contribution in [1.82, 2.24) is 15.0 Å². The molecular formula is C16H20Cl2N4O. The van der Waals surface area contributed by atoms with Crippen LogP contribution in [-0.4, -0.2) is 34.2 Å². The van der Waals surface area contributed by atoms with Gasteiger partial charge in [0.15, 0.2) is 0 Å². The van der Waals surface area contributed by atoms with Crippen LogP contribution in [0.25, 0.3) is 11.4 Å². The van der Waals surface area contributed by atoms with Gasteiger partial charge in [0.05, 0.1) is 6.54 Å². The lowest BCUT2D eigenvalue weighted by Crippen LogP contribution is -2.30. The molecule has 0 bridgehead atoms. The van der Waals surface area contributed by atoms with E-state index in [1.165, 1.54) is 12.8 Å². The van der Waals surface area contributed by atoms with Gasteiger partial charge in [-0.05, 0) is 36.8 Å². The van der Waals surface area contributed by atoms with Crippen LogP contribution < -0.4 is 5.73 Å². The Morgan fingerprint density at radius 2 is 2.17 bits per heavy atom. The normalized spacial score (nSPS) is 27.0. The lowest BCUT2D eigenvalue weighted by Gasteiger charge is -2.15. The lowest BCUT2D eigenvalue weighted by molar-refractivity contribution is 0.250. The minimum absolute atomic E-state index is 0. The van der Waals surface area contributed by atoms with Crippen LogP contribution in [0, 0.1) is 11.8 Å². The SMILES string of the molecule is Cl.NC1CCC2CN(Cc3nc(-c4cccc(Cl)c4)no3)CC12. The number of halogens is 2. The molecule has 1 aromatic heterocycles. The second kappa shape index (κ2) is 6.77. The molecule has 2 aliphatic rings. The van der Waals surface area contributed by atoms with Crippen molar-refractivity contribution in [2.24, 2.45) is 17.6 Å². The predicted octanol–water partition coefficient (Wildman–Crippen LogP) is 2.98. The van der Waals surface area contributed by atoms with E-state index in [2.05, 4.69) is 15.0 Å². The molecule has 1 saturated heterocycles. The Balaban J connectivity index is 0.00000156. The summed E-state index contributed by atoms with van der Waals surface area (Å²) in [5, 5.41) is 4.73. The second-order valence-corrected chi connectivity index (χ2v) is 6.82. The molecule has 2 N–H and O–H groups in total. The van der Waals surface area contributed by atoms with Crippen LogP contribution in [0.4, 0.5) is 0 Å². The molecule has 0 amide bonds. The molecule has 5 nitrogen and oxygen atoms in total. The zero-order valence-electron chi connectivity index (χ0n) is 12.7. The second-order valence-electron chi connectivity index (χ2n) is 6.38. The number of nitrogens with zero attached hydrogens (tertiary/aromatic N) is 3. The summed E-state index contributed by atoms with van der Waals surface area (Å²) in [6, 6.07) is 7.85. The highest BCUT2D eigenvalue weighted by atomic mass is 35.5. The number of rotatable bonds is 3. The third kappa shape index (κ3) is 3.38. The van der Waals surface area contributed by atoms with E-state index in [0.29, 0.717) is 35.2 Å². The Morgan fingerprint density at radius 1 is 1.30 bits per heavy atom. The maximum atomic E-state index is 6.18. The minimum atomic E-state index is 0. The van der Waals surface area contributed by atoms with Gasteiger partial charge in [-0.1, -0.05) is 28.9 Å². The van der Waals surface area contributed by atoms with Crippen molar-refractivity contribution in [3.63, 3.8) is 0 Å². The molecule has 1 aromatic carbocycles. The van der Waals surface area contributed by atoms with Crippen LogP contribution in [0.15, 0.2) is 28.8 Å². The van der Waals surface area contributed by atoms with E-state index < -0.39 is 0 Å². The van der Waals surface area contributed by atoms with Gasteiger partial charge in [-0.25, -0.2) is 0 Å². The van der Waals surface area contributed by atoms with Gasteiger partial charge in [-0.3, -0.25) is 4.90 Å². The van der Waals surface area contributed by atoms with Crippen LogP contribution in [-0.2, 0) is 6.54 Å². The zero-order valence-corrected chi connectivity index (χ0v) is 14.3. The molecule has 2 heterocycles. The summed E-state index contributed by atoms with van der Waals surface area (Å²) in [7, 11) is 0. The van der Waals surface area contributed by atoms with Crippen molar-refractivity contribution in [2.75, 3.05) is 13.1 Å².